The van der Waals surface area contributed by atoms with Gasteiger partial charge in [-0.3, -0.25) is 14.6 Å². The summed E-state index contributed by atoms with van der Waals surface area (Å²) in [5.74, 6) is 3.05. The molecule has 3 aliphatic heterocycles. The topological polar surface area (TPSA) is 47.1 Å². The van der Waals surface area contributed by atoms with E-state index in [9.17, 15) is 9.59 Å². The Hall–Kier alpha value is -0.790. The Morgan fingerprint density at radius 3 is 2.44 bits per heavy atom. The molecule has 27 heavy (non-hydrogen) atoms. The lowest BCUT2D eigenvalue weighted by Gasteiger charge is -2.44. The summed E-state index contributed by atoms with van der Waals surface area (Å²) in [6.45, 7) is 8.14. The number of rotatable bonds is 7. The zero-order valence-corrected chi connectivity index (χ0v) is 18.3. The van der Waals surface area contributed by atoms with Gasteiger partial charge in [0.1, 0.15) is 5.54 Å². The van der Waals surface area contributed by atoms with E-state index in [-0.39, 0.29) is 11.9 Å². The monoisotopic (exact) mass is 396 g/mol. The number of nitrogens with zero attached hydrogens (tertiary/aromatic N) is 4. The van der Waals surface area contributed by atoms with Crippen LogP contribution in [-0.2, 0) is 4.79 Å². The molecule has 3 rings (SSSR count). The van der Waals surface area contributed by atoms with E-state index in [1.165, 1.54) is 22.8 Å². The minimum Gasteiger partial charge on any atom is -0.309 e. The molecule has 1 atom stereocenters. The van der Waals surface area contributed by atoms with E-state index in [4.69, 9.17) is 0 Å². The highest BCUT2D eigenvalue weighted by Crippen LogP contribution is 2.39. The maximum Gasteiger partial charge on any atom is 0.327 e. The molecule has 0 aromatic heterocycles. The molecular weight excluding hydrogens is 360 g/mol. The van der Waals surface area contributed by atoms with Gasteiger partial charge in [0.25, 0.3) is 5.91 Å². The number of amides is 3. The zero-order chi connectivity index (χ0) is 19.6. The molecule has 3 aliphatic rings. The minimum absolute atomic E-state index is 0.0542. The number of likely N-dealkylation sites (N-methyl/N-ethyl adjacent to an activating group) is 1. The molecule has 0 radical (unpaired) electrons. The molecule has 0 N–H and O–H groups in total. The number of hydrogen-bond donors (Lipinski definition) is 0. The Kier molecular flexibility index (Phi) is 6.75. The summed E-state index contributed by atoms with van der Waals surface area (Å²) < 4.78 is 0. The van der Waals surface area contributed by atoms with Gasteiger partial charge in [-0.1, -0.05) is 13.8 Å². The highest BCUT2D eigenvalue weighted by molar-refractivity contribution is 7.99. The number of urea groups is 1. The molecule has 6 nitrogen and oxygen atoms in total. The van der Waals surface area contributed by atoms with Crippen molar-refractivity contribution < 1.29 is 9.59 Å². The molecule has 3 saturated heterocycles. The Bertz CT molecular complexity index is 540. The number of carbonyl (C=O) groups excluding carboxylic acids is 2. The smallest absolute Gasteiger partial charge is 0.309 e. The number of imide groups is 1. The van der Waals surface area contributed by atoms with Gasteiger partial charge in [0, 0.05) is 44.5 Å². The second kappa shape index (κ2) is 8.70. The predicted molar refractivity (Wildman–Crippen MR) is 111 cm³/mol. The molecule has 0 aliphatic carbocycles. The van der Waals surface area contributed by atoms with E-state index in [0.29, 0.717) is 25.0 Å². The number of thioether (sulfide) groups is 1. The Morgan fingerprint density at radius 1 is 1.19 bits per heavy atom. The Balaban J connectivity index is 1.74. The van der Waals surface area contributed by atoms with Crippen LogP contribution in [0.4, 0.5) is 4.79 Å². The summed E-state index contributed by atoms with van der Waals surface area (Å²) in [5.41, 5.74) is -0.597. The number of carbonyl (C=O) groups is 2. The lowest BCUT2D eigenvalue weighted by Crippen LogP contribution is -2.58. The third-order valence-electron chi connectivity index (χ3n) is 6.37. The van der Waals surface area contributed by atoms with E-state index in [1.54, 1.807) is 0 Å². The number of likely N-dealkylation sites (tertiary alicyclic amines) is 1. The van der Waals surface area contributed by atoms with Crippen LogP contribution in [-0.4, -0.2) is 101 Å². The summed E-state index contributed by atoms with van der Waals surface area (Å²) in [6.07, 6.45) is 3.78. The van der Waals surface area contributed by atoms with Gasteiger partial charge in [-0.15, -0.1) is 0 Å². The van der Waals surface area contributed by atoms with Crippen LogP contribution in [0.2, 0.25) is 0 Å². The maximum atomic E-state index is 13.4. The van der Waals surface area contributed by atoms with Gasteiger partial charge in [0.2, 0.25) is 0 Å². The van der Waals surface area contributed by atoms with Crippen molar-refractivity contribution in [1.82, 2.24) is 19.6 Å². The minimum atomic E-state index is -0.597. The standard InChI is InChI=1S/C20H36N4O2S/c1-16(2)5-9-24-19(26)23(13-12-21(3)4)18(25)20(24)7-10-22(11-8-20)17-6-14-27-15-17/h16-17H,5-15H2,1-4H3/t17-/m0/s1. The first kappa shape index (κ1) is 20.9. The van der Waals surface area contributed by atoms with Crippen molar-refractivity contribution in [2.24, 2.45) is 5.92 Å². The summed E-state index contributed by atoms with van der Waals surface area (Å²) in [7, 11) is 3.96. The predicted octanol–water partition coefficient (Wildman–Crippen LogP) is 2.20. The second-order valence-corrected chi connectivity index (χ2v) is 10.1. The van der Waals surface area contributed by atoms with Crippen LogP contribution in [0.5, 0.6) is 0 Å². The van der Waals surface area contributed by atoms with E-state index in [0.717, 1.165) is 38.9 Å². The molecule has 7 heteroatoms. The van der Waals surface area contributed by atoms with Crippen LogP contribution in [0.3, 0.4) is 0 Å². The molecule has 0 unspecified atom stereocenters. The molecule has 3 heterocycles. The fourth-order valence-corrected chi connectivity index (χ4v) is 5.78. The van der Waals surface area contributed by atoms with Gasteiger partial charge in [-0.2, -0.15) is 11.8 Å². The van der Waals surface area contributed by atoms with Gasteiger partial charge >= 0.3 is 6.03 Å². The van der Waals surface area contributed by atoms with Gasteiger partial charge in [-0.25, -0.2) is 4.79 Å². The summed E-state index contributed by atoms with van der Waals surface area (Å²) in [6, 6.07) is 0.598. The number of hydrogen-bond acceptors (Lipinski definition) is 5. The Morgan fingerprint density at radius 2 is 1.89 bits per heavy atom. The van der Waals surface area contributed by atoms with E-state index >= 15 is 0 Å². The molecule has 154 valence electrons. The molecule has 3 amide bonds. The third kappa shape index (κ3) is 4.30. The molecule has 3 fully saturated rings. The van der Waals surface area contributed by atoms with E-state index in [1.807, 2.05) is 35.7 Å². The second-order valence-electron chi connectivity index (χ2n) is 8.96. The quantitative estimate of drug-likeness (QED) is 0.618. The fraction of sp³-hybridized carbons (Fsp3) is 0.900. The molecule has 0 bridgehead atoms. The van der Waals surface area contributed by atoms with E-state index < -0.39 is 5.54 Å². The highest BCUT2D eigenvalue weighted by Gasteiger charge is 2.57. The Labute approximate surface area is 168 Å². The van der Waals surface area contributed by atoms with Gasteiger partial charge in [0.05, 0.1) is 0 Å². The zero-order valence-electron chi connectivity index (χ0n) is 17.4. The first-order valence-electron chi connectivity index (χ1n) is 10.5. The van der Waals surface area contributed by atoms with Gasteiger partial charge in [-0.05, 0) is 51.4 Å². The molecule has 0 saturated carbocycles. The van der Waals surface area contributed by atoms with Crippen LogP contribution in [0.25, 0.3) is 0 Å². The van der Waals surface area contributed by atoms with Crippen molar-refractivity contribution in [3.05, 3.63) is 0 Å². The average molecular weight is 397 g/mol. The SMILES string of the molecule is CC(C)CCN1C(=O)N(CCN(C)C)C(=O)C12CCN([C@H]1CCSC1)CC2. The molecule has 0 aromatic rings. The molecular formula is C20H36N4O2S. The van der Waals surface area contributed by atoms with Crippen LogP contribution in [0, 0.1) is 5.92 Å². The van der Waals surface area contributed by atoms with Crippen LogP contribution in [0.15, 0.2) is 0 Å². The third-order valence-corrected chi connectivity index (χ3v) is 7.51. The van der Waals surface area contributed by atoms with Crippen molar-refractivity contribution in [2.75, 3.05) is 58.3 Å². The van der Waals surface area contributed by atoms with Crippen molar-refractivity contribution in [2.45, 2.75) is 51.1 Å². The van der Waals surface area contributed by atoms with Crippen LogP contribution < -0.4 is 0 Å². The fourth-order valence-electron chi connectivity index (χ4n) is 4.53. The first-order valence-corrected chi connectivity index (χ1v) is 11.6. The van der Waals surface area contributed by atoms with Crippen molar-refractivity contribution in [3.63, 3.8) is 0 Å². The van der Waals surface area contributed by atoms with Crippen LogP contribution >= 0.6 is 11.8 Å². The van der Waals surface area contributed by atoms with Crippen molar-refractivity contribution in [3.8, 4) is 0 Å². The lowest BCUT2D eigenvalue weighted by atomic mass is 9.85. The normalized spacial score (nSPS) is 26.4. The maximum absolute atomic E-state index is 13.4. The van der Waals surface area contributed by atoms with E-state index in [2.05, 4.69) is 18.7 Å². The number of piperidine rings is 1. The van der Waals surface area contributed by atoms with Crippen LogP contribution in [0.1, 0.15) is 39.5 Å². The lowest BCUT2D eigenvalue weighted by molar-refractivity contribution is -0.136. The van der Waals surface area contributed by atoms with Gasteiger partial charge in [0.15, 0.2) is 0 Å². The molecule has 1 spiro atoms. The average Bonchev–Trinajstić information content (AvgIpc) is 3.21. The largest absolute Gasteiger partial charge is 0.327 e. The van der Waals surface area contributed by atoms with Gasteiger partial charge < -0.3 is 9.80 Å². The highest BCUT2D eigenvalue weighted by atomic mass is 32.2. The summed E-state index contributed by atoms with van der Waals surface area (Å²) in [4.78, 5) is 34.6. The van der Waals surface area contributed by atoms with Crippen molar-refractivity contribution >= 4 is 23.7 Å². The summed E-state index contributed by atoms with van der Waals surface area (Å²) >= 11 is 2.04. The first-order chi connectivity index (χ1) is 12.8. The summed E-state index contributed by atoms with van der Waals surface area (Å²) in [5, 5.41) is 0. The molecule has 0 aromatic carbocycles. The van der Waals surface area contributed by atoms with Crippen molar-refractivity contribution in [1.29, 1.82) is 0 Å².